The Labute approximate surface area is 163 Å². The van der Waals surface area contributed by atoms with Gasteiger partial charge in [-0.3, -0.25) is 9.89 Å². The smallest absolute Gasteiger partial charge is 0.193 e. The van der Waals surface area contributed by atoms with Crippen molar-refractivity contribution in [2.45, 2.75) is 32.7 Å². The summed E-state index contributed by atoms with van der Waals surface area (Å²) in [7, 11) is 1.90. The molecule has 0 unspecified atom stereocenters. The number of hydrogen-bond donors (Lipinski definition) is 1. The summed E-state index contributed by atoms with van der Waals surface area (Å²) in [6.45, 7) is 8.92. The molecular weight excluding hydrogens is 411 g/mol. The van der Waals surface area contributed by atoms with Gasteiger partial charge in [-0.2, -0.15) is 0 Å². The SMILES string of the molecule is CN=C(NCCN1CCc2ccccc2C1)N1CCC(C)CC1.I. The van der Waals surface area contributed by atoms with Gasteiger partial charge in [0, 0.05) is 46.3 Å². The maximum Gasteiger partial charge on any atom is 0.193 e. The predicted octanol–water partition coefficient (Wildman–Crippen LogP) is 2.97. The number of rotatable bonds is 3. The van der Waals surface area contributed by atoms with E-state index < -0.39 is 0 Å². The van der Waals surface area contributed by atoms with Crippen LogP contribution in [0.1, 0.15) is 30.9 Å². The molecule has 2 aliphatic rings. The van der Waals surface area contributed by atoms with Crippen LogP contribution in [0, 0.1) is 5.92 Å². The Balaban J connectivity index is 0.00000208. The summed E-state index contributed by atoms with van der Waals surface area (Å²) in [5.41, 5.74) is 3.02. The molecule has 0 radical (unpaired) electrons. The van der Waals surface area contributed by atoms with Gasteiger partial charge < -0.3 is 10.2 Å². The van der Waals surface area contributed by atoms with Gasteiger partial charge in [-0.1, -0.05) is 31.2 Å². The first-order valence-corrected chi connectivity index (χ1v) is 9.01. The molecule has 1 fully saturated rings. The fraction of sp³-hybridized carbons (Fsp3) is 0.632. The summed E-state index contributed by atoms with van der Waals surface area (Å²) in [5.74, 6) is 1.94. The van der Waals surface area contributed by atoms with Gasteiger partial charge in [0.25, 0.3) is 0 Å². The molecule has 0 amide bonds. The lowest BCUT2D eigenvalue weighted by atomic mass is 9.99. The standard InChI is InChI=1S/C19H30N4.HI/c1-16-7-12-23(13-8-16)19(20-2)21-10-14-22-11-9-17-5-3-4-6-18(17)15-22;/h3-6,16H,7-15H2,1-2H3,(H,20,21);1H. The molecule has 0 aromatic heterocycles. The van der Waals surface area contributed by atoms with E-state index in [1.54, 1.807) is 0 Å². The van der Waals surface area contributed by atoms with E-state index in [1.807, 2.05) is 7.05 Å². The fourth-order valence-corrected chi connectivity index (χ4v) is 3.62. The lowest BCUT2D eigenvalue weighted by Gasteiger charge is -2.33. The highest BCUT2D eigenvalue weighted by atomic mass is 127. The van der Waals surface area contributed by atoms with E-state index in [1.165, 1.54) is 36.9 Å². The Morgan fingerprint density at radius 1 is 1.17 bits per heavy atom. The van der Waals surface area contributed by atoms with Crippen molar-refractivity contribution in [3.63, 3.8) is 0 Å². The van der Waals surface area contributed by atoms with E-state index in [0.717, 1.165) is 44.6 Å². The second-order valence-electron chi connectivity index (χ2n) is 6.94. The minimum atomic E-state index is 0. The summed E-state index contributed by atoms with van der Waals surface area (Å²) in [6, 6.07) is 8.84. The van der Waals surface area contributed by atoms with Crippen LogP contribution < -0.4 is 5.32 Å². The second-order valence-corrected chi connectivity index (χ2v) is 6.94. The predicted molar refractivity (Wildman–Crippen MR) is 112 cm³/mol. The maximum atomic E-state index is 4.47. The third kappa shape index (κ3) is 5.09. The van der Waals surface area contributed by atoms with Crippen LogP contribution >= 0.6 is 24.0 Å². The van der Waals surface area contributed by atoms with Crippen molar-refractivity contribution in [3.8, 4) is 0 Å². The quantitative estimate of drug-likeness (QED) is 0.444. The zero-order valence-electron chi connectivity index (χ0n) is 15.0. The first-order chi connectivity index (χ1) is 11.3. The van der Waals surface area contributed by atoms with Crippen molar-refractivity contribution in [2.24, 2.45) is 10.9 Å². The number of aliphatic imine (C=N–C) groups is 1. The van der Waals surface area contributed by atoms with Gasteiger partial charge in [-0.25, -0.2) is 0 Å². The molecule has 2 aliphatic heterocycles. The lowest BCUT2D eigenvalue weighted by molar-refractivity contribution is 0.251. The molecule has 24 heavy (non-hydrogen) atoms. The number of halogens is 1. The highest BCUT2D eigenvalue weighted by Gasteiger charge is 2.19. The molecule has 0 aliphatic carbocycles. The first kappa shape index (κ1) is 19.5. The molecule has 1 N–H and O–H groups in total. The first-order valence-electron chi connectivity index (χ1n) is 9.01. The van der Waals surface area contributed by atoms with Gasteiger partial charge in [-0.15, -0.1) is 24.0 Å². The molecule has 1 saturated heterocycles. The Morgan fingerprint density at radius 2 is 1.88 bits per heavy atom. The number of benzene rings is 1. The number of likely N-dealkylation sites (tertiary alicyclic amines) is 1. The van der Waals surface area contributed by atoms with E-state index in [2.05, 4.69) is 51.3 Å². The third-order valence-corrected chi connectivity index (χ3v) is 5.22. The number of nitrogens with zero attached hydrogens (tertiary/aromatic N) is 3. The zero-order chi connectivity index (χ0) is 16.1. The summed E-state index contributed by atoms with van der Waals surface area (Å²) < 4.78 is 0. The molecule has 0 atom stereocenters. The van der Waals surface area contributed by atoms with Gasteiger partial charge in [0.05, 0.1) is 0 Å². The third-order valence-electron chi connectivity index (χ3n) is 5.22. The number of guanidine groups is 1. The molecule has 134 valence electrons. The minimum absolute atomic E-state index is 0. The van der Waals surface area contributed by atoms with Gasteiger partial charge >= 0.3 is 0 Å². The molecule has 4 nitrogen and oxygen atoms in total. The van der Waals surface area contributed by atoms with Crippen LogP contribution in [-0.2, 0) is 13.0 Å². The lowest BCUT2D eigenvalue weighted by Crippen LogP contribution is -2.47. The second kappa shape index (κ2) is 9.61. The highest BCUT2D eigenvalue weighted by Crippen LogP contribution is 2.18. The average Bonchev–Trinajstić information content (AvgIpc) is 2.60. The average molecular weight is 442 g/mol. The van der Waals surface area contributed by atoms with E-state index in [-0.39, 0.29) is 24.0 Å². The van der Waals surface area contributed by atoms with Crippen LogP contribution in [0.4, 0.5) is 0 Å². The van der Waals surface area contributed by atoms with Crippen LogP contribution in [0.2, 0.25) is 0 Å². The number of nitrogens with one attached hydrogen (secondary N) is 1. The van der Waals surface area contributed by atoms with Gasteiger partial charge in [-0.05, 0) is 36.3 Å². The Kier molecular flexibility index (Phi) is 7.81. The summed E-state index contributed by atoms with van der Waals surface area (Å²) >= 11 is 0. The Hall–Kier alpha value is -0.820. The van der Waals surface area contributed by atoms with Crippen molar-refractivity contribution in [3.05, 3.63) is 35.4 Å². The van der Waals surface area contributed by atoms with Crippen LogP contribution in [-0.4, -0.2) is 55.5 Å². The number of hydrogen-bond acceptors (Lipinski definition) is 2. The van der Waals surface area contributed by atoms with Crippen molar-refractivity contribution in [2.75, 3.05) is 39.8 Å². The Bertz CT molecular complexity index is 538. The number of piperidine rings is 1. The zero-order valence-corrected chi connectivity index (χ0v) is 17.3. The summed E-state index contributed by atoms with van der Waals surface area (Å²) in [5, 5.41) is 3.56. The fourth-order valence-electron chi connectivity index (χ4n) is 3.62. The van der Waals surface area contributed by atoms with E-state index >= 15 is 0 Å². The van der Waals surface area contributed by atoms with Crippen molar-refractivity contribution in [1.82, 2.24) is 15.1 Å². The van der Waals surface area contributed by atoms with E-state index in [4.69, 9.17) is 0 Å². The number of fused-ring (bicyclic) bond motifs is 1. The molecule has 0 bridgehead atoms. The van der Waals surface area contributed by atoms with Crippen LogP contribution in [0.15, 0.2) is 29.3 Å². The van der Waals surface area contributed by atoms with Crippen molar-refractivity contribution < 1.29 is 0 Å². The van der Waals surface area contributed by atoms with Gasteiger partial charge in [0.15, 0.2) is 5.96 Å². The monoisotopic (exact) mass is 442 g/mol. The molecule has 0 spiro atoms. The molecule has 0 saturated carbocycles. The summed E-state index contributed by atoms with van der Waals surface area (Å²) in [4.78, 5) is 9.42. The normalized spacial score (nSPS) is 19.6. The van der Waals surface area contributed by atoms with Gasteiger partial charge in [0.2, 0.25) is 0 Å². The maximum absolute atomic E-state index is 4.47. The van der Waals surface area contributed by atoms with Crippen LogP contribution in [0.25, 0.3) is 0 Å². The van der Waals surface area contributed by atoms with Crippen molar-refractivity contribution in [1.29, 1.82) is 0 Å². The van der Waals surface area contributed by atoms with E-state index in [0.29, 0.717) is 0 Å². The Morgan fingerprint density at radius 3 is 2.58 bits per heavy atom. The van der Waals surface area contributed by atoms with Crippen LogP contribution in [0.5, 0.6) is 0 Å². The largest absolute Gasteiger partial charge is 0.355 e. The van der Waals surface area contributed by atoms with E-state index in [9.17, 15) is 0 Å². The topological polar surface area (TPSA) is 30.9 Å². The molecule has 3 rings (SSSR count). The van der Waals surface area contributed by atoms with Crippen molar-refractivity contribution >= 4 is 29.9 Å². The molecule has 1 aromatic rings. The van der Waals surface area contributed by atoms with Gasteiger partial charge in [0.1, 0.15) is 0 Å². The van der Waals surface area contributed by atoms with Crippen LogP contribution in [0.3, 0.4) is 0 Å². The molecule has 2 heterocycles. The molecule has 5 heteroatoms. The molecular formula is C19H31IN4. The highest BCUT2D eigenvalue weighted by molar-refractivity contribution is 14.0. The summed E-state index contributed by atoms with van der Waals surface area (Å²) in [6.07, 6.45) is 3.74. The minimum Gasteiger partial charge on any atom is -0.355 e. The molecule has 1 aromatic carbocycles.